The van der Waals surface area contributed by atoms with Crippen molar-refractivity contribution >= 4 is 30.7 Å². The molecule has 1 amide bonds. The first-order valence-corrected chi connectivity index (χ1v) is 7.61. The van der Waals surface area contributed by atoms with Crippen LogP contribution in [0.15, 0.2) is 0 Å². The highest BCUT2D eigenvalue weighted by molar-refractivity contribution is 5.85. The first-order valence-electron chi connectivity index (χ1n) is 7.61. The van der Waals surface area contributed by atoms with Gasteiger partial charge in [0.15, 0.2) is 0 Å². The molecule has 0 radical (unpaired) electrons. The van der Waals surface area contributed by atoms with E-state index in [2.05, 4.69) is 15.1 Å². The Morgan fingerprint density at radius 3 is 2.10 bits per heavy atom. The van der Waals surface area contributed by atoms with Crippen molar-refractivity contribution in [2.75, 3.05) is 32.7 Å². The molecule has 0 aromatic heterocycles. The van der Waals surface area contributed by atoms with Crippen molar-refractivity contribution in [1.29, 1.82) is 0 Å². The lowest BCUT2D eigenvalue weighted by Crippen LogP contribution is -2.50. The lowest BCUT2D eigenvalue weighted by Gasteiger charge is -2.37. The van der Waals surface area contributed by atoms with Gasteiger partial charge in [0.1, 0.15) is 0 Å². The summed E-state index contributed by atoms with van der Waals surface area (Å²) in [4.78, 5) is 17.0. The molecule has 1 N–H and O–H groups in total. The Balaban J connectivity index is 0.000001000. The molecular formula is C14H27Cl2N3O. The van der Waals surface area contributed by atoms with Gasteiger partial charge in [-0.25, -0.2) is 0 Å². The number of carbonyl (C=O) groups is 1. The van der Waals surface area contributed by atoms with E-state index in [9.17, 15) is 4.79 Å². The van der Waals surface area contributed by atoms with Crippen LogP contribution in [0, 0.1) is 0 Å². The molecule has 0 aromatic carbocycles. The van der Waals surface area contributed by atoms with Crippen molar-refractivity contribution < 1.29 is 4.79 Å². The zero-order valence-electron chi connectivity index (χ0n) is 12.1. The first kappa shape index (κ1) is 18.0. The predicted octanol–water partition coefficient (Wildman–Crippen LogP) is 1.67. The molecule has 20 heavy (non-hydrogen) atoms. The summed E-state index contributed by atoms with van der Waals surface area (Å²) in [6, 6.07) is 0.862. The zero-order valence-corrected chi connectivity index (χ0v) is 13.7. The summed E-state index contributed by atoms with van der Waals surface area (Å²) in [6.07, 6.45) is 7.28. The highest BCUT2D eigenvalue weighted by Crippen LogP contribution is 2.22. The van der Waals surface area contributed by atoms with Gasteiger partial charge in [-0.2, -0.15) is 0 Å². The molecule has 3 rings (SSSR count). The maximum absolute atomic E-state index is 12.3. The Kier molecular flexibility index (Phi) is 7.59. The van der Waals surface area contributed by atoms with E-state index in [4.69, 9.17) is 0 Å². The van der Waals surface area contributed by atoms with Crippen LogP contribution in [0.25, 0.3) is 0 Å². The highest BCUT2D eigenvalue weighted by atomic mass is 35.5. The van der Waals surface area contributed by atoms with Gasteiger partial charge in [0.25, 0.3) is 0 Å². The number of piperidine rings is 1. The van der Waals surface area contributed by atoms with E-state index in [1.807, 2.05) is 0 Å². The van der Waals surface area contributed by atoms with Crippen molar-refractivity contribution in [1.82, 2.24) is 15.1 Å². The van der Waals surface area contributed by atoms with Crippen LogP contribution in [0.4, 0.5) is 0 Å². The first-order chi connectivity index (χ1) is 8.84. The second-order valence-electron chi connectivity index (χ2n) is 5.95. The summed E-state index contributed by atoms with van der Waals surface area (Å²) in [5.41, 5.74) is 0. The summed E-state index contributed by atoms with van der Waals surface area (Å²) < 4.78 is 0. The lowest BCUT2D eigenvalue weighted by atomic mass is 10.0. The summed E-state index contributed by atoms with van der Waals surface area (Å²) in [6.45, 7) is 5.52. The maximum atomic E-state index is 12.3. The SMILES string of the molecule is Cl.Cl.O=C(C1CCCN1)N1CCC(N2CCCC2)CC1. The number of rotatable bonds is 2. The van der Waals surface area contributed by atoms with Gasteiger partial charge in [-0.3, -0.25) is 4.79 Å². The van der Waals surface area contributed by atoms with E-state index in [-0.39, 0.29) is 30.9 Å². The zero-order chi connectivity index (χ0) is 12.4. The van der Waals surface area contributed by atoms with Crippen LogP contribution in [0.3, 0.4) is 0 Å². The fourth-order valence-electron chi connectivity index (χ4n) is 3.67. The van der Waals surface area contributed by atoms with Crippen LogP contribution in [-0.4, -0.2) is 60.5 Å². The van der Waals surface area contributed by atoms with Gasteiger partial charge in [0.2, 0.25) is 5.91 Å². The van der Waals surface area contributed by atoms with Gasteiger partial charge in [0, 0.05) is 19.1 Å². The molecule has 3 aliphatic rings. The number of nitrogens with zero attached hydrogens (tertiary/aromatic N) is 2. The molecule has 3 heterocycles. The molecule has 6 heteroatoms. The molecule has 0 aromatic rings. The molecule has 4 nitrogen and oxygen atoms in total. The van der Waals surface area contributed by atoms with E-state index in [0.29, 0.717) is 5.91 Å². The average molecular weight is 324 g/mol. The van der Waals surface area contributed by atoms with Crippen molar-refractivity contribution in [2.24, 2.45) is 0 Å². The van der Waals surface area contributed by atoms with Gasteiger partial charge in [0.05, 0.1) is 6.04 Å². The number of hydrogen-bond donors (Lipinski definition) is 1. The van der Waals surface area contributed by atoms with Gasteiger partial charge in [-0.1, -0.05) is 0 Å². The van der Waals surface area contributed by atoms with E-state index >= 15 is 0 Å². The quantitative estimate of drug-likeness (QED) is 0.839. The Labute approximate surface area is 134 Å². The Morgan fingerprint density at radius 1 is 0.900 bits per heavy atom. The predicted molar refractivity (Wildman–Crippen MR) is 85.9 cm³/mol. The number of halogens is 2. The largest absolute Gasteiger partial charge is 0.341 e. The molecule has 3 fully saturated rings. The van der Waals surface area contributed by atoms with Gasteiger partial charge < -0.3 is 15.1 Å². The number of hydrogen-bond acceptors (Lipinski definition) is 3. The molecular weight excluding hydrogens is 297 g/mol. The van der Waals surface area contributed by atoms with E-state index < -0.39 is 0 Å². The second kappa shape index (κ2) is 8.42. The van der Waals surface area contributed by atoms with Crippen LogP contribution >= 0.6 is 24.8 Å². The summed E-state index contributed by atoms with van der Waals surface area (Å²) >= 11 is 0. The molecule has 0 spiro atoms. The third-order valence-corrected chi connectivity index (χ3v) is 4.79. The second-order valence-corrected chi connectivity index (χ2v) is 5.95. The fourth-order valence-corrected chi connectivity index (χ4v) is 3.67. The molecule has 0 bridgehead atoms. The van der Waals surface area contributed by atoms with Crippen LogP contribution in [-0.2, 0) is 4.79 Å². The lowest BCUT2D eigenvalue weighted by molar-refractivity contribution is -0.134. The van der Waals surface area contributed by atoms with Crippen molar-refractivity contribution in [3.63, 3.8) is 0 Å². The van der Waals surface area contributed by atoms with Crippen LogP contribution in [0.1, 0.15) is 38.5 Å². The minimum atomic E-state index is 0. The van der Waals surface area contributed by atoms with Crippen molar-refractivity contribution in [3.8, 4) is 0 Å². The van der Waals surface area contributed by atoms with E-state index in [0.717, 1.165) is 38.5 Å². The number of likely N-dealkylation sites (tertiary alicyclic amines) is 2. The summed E-state index contributed by atoms with van der Waals surface area (Å²) in [7, 11) is 0. The molecule has 3 saturated heterocycles. The monoisotopic (exact) mass is 323 g/mol. The number of carbonyl (C=O) groups excluding carboxylic acids is 1. The van der Waals surface area contributed by atoms with Gasteiger partial charge >= 0.3 is 0 Å². The van der Waals surface area contributed by atoms with Crippen molar-refractivity contribution in [2.45, 2.75) is 50.6 Å². The van der Waals surface area contributed by atoms with Crippen molar-refractivity contribution in [3.05, 3.63) is 0 Å². The van der Waals surface area contributed by atoms with Crippen LogP contribution in [0.5, 0.6) is 0 Å². The highest BCUT2D eigenvalue weighted by Gasteiger charge is 2.31. The Bertz CT molecular complexity index is 297. The third kappa shape index (κ3) is 4.00. The molecule has 1 unspecified atom stereocenters. The van der Waals surface area contributed by atoms with Gasteiger partial charge in [-0.05, 0) is 58.2 Å². The molecule has 0 aliphatic carbocycles. The van der Waals surface area contributed by atoms with E-state index in [1.165, 1.54) is 38.8 Å². The fraction of sp³-hybridized carbons (Fsp3) is 0.929. The normalized spacial score (nSPS) is 28.0. The molecule has 3 aliphatic heterocycles. The topological polar surface area (TPSA) is 35.6 Å². The number of amides is 1. The maximum Gasteiger partial charge on any atom is 0.239 e. The minimum Gasteiger partial charge on any atom is -0.341 e. The van der Waals surface area contributed by atoms with Crippen LogP contribution in [0.2, 0.25) is 0 Å². The number of nitrogens with one attached hydrogen (secondary N) is 1. The smallest absolute Gasteiger partial charge is 0.239 e. The summed E-state index contributed by atoms with van der Waals surface area (Å²) in [5.74, 6) is 0.354. The molecule has 118 valence electrons. The molecule has 1 atom stereocenters. The third-order valence-electron chi connectivity index (χ3n) is 4.79. The van der Waals surface area contributed by atoms with Gasteiger partial charge in [-0.15, -0.1) is 24.8 Å². The van der Waals surface area contributed by atoms with Crippen LogP contribution < -0.4 is 5.32 Å². The average Bonchev–Trinajstić information content (AvgIpc) is 3.11. The summed E-state index contributed by atoms with van der Waals surface area (Å²) in [5, 5.41) is 3.32. The minimum absolute atomic E-state index is 0. The Morgan fingerprint density at radius 2 is 1.55 bits per heavy atom. The molecule has 0 saturated carbocycles. The standard InChI is InChI=1S/C14H25N3O.2ClH/c18-14(13-4-3-7-15-13)17-10-5-12(6-11-17)16-8-1-2-9-16;;/h12-13,15H,1-11H2;2*1H. The van der Waals surface area contributed by atoms with E-state index in [1.54, 1.807) is 0 Å². The Hall–Kier alpha value is -0.0300.